The first kappa shape index (κ1) is 19.9. The fraction of sp³-hybridized carbons (Fsp3) is 0.611. The molecule has 140 valence electrons. The lowest BCUT2D eigenvalue weighted by atomic mass is 10.1. The maximum absolute atomic E-state index is 12.6. The summed E-state index contributed by atoms with van der Waals surface area (Å²) in [6.45, 7) is 6.19. The molecule has 0 aromatic heterocycles. The molecule has 1 aromatic rings. The number of hydrogen-bond acceptors (Lipinski definition) is 3. The van der Waals surface area contributed by atoms with E-state index in [1.807, 2.05) is 31.2 Å². The largest absolute Gasteiger partial charge is 0.336 e. The second-order valence-corrected chi connectivity index (χ2v) is 8.46. The first-order valence-corrected chi connectivity index (χ1v) is 10.4. The van der Waals surface area contributed by atoms with Crippen molar-refractivity contribution in [1.29, 1.82) is 0 Å². The average Bonchev–Trinajstić information content (AvgIpc) is 2.65. The van der Waals surface area contributed by atoms with E-state index in [-0.39, 0.29) is 5.91 Å². The summed E-state index contributed by atoms with van der Waals surface area (Å²) in [5.74, 6) is -0.0287. The van der Waals surface area contributed by atoms with Crippen LogP contribution in [0.25, 0.3) is 0 Å². The standard InChI is InChI=1S/C18H29N3O3S/c1-4-6-11-19(3)25(23,24)21-14-12-20(13-15-21)18(22)17-9-7-16(5-2)8-10-17/h7-10H,4-6,11-15H2,1-3H3. The second-order valence-electron chi connectivity index (χ2n) is 6.42. The van der Waals surface area contributed by atoms with Crippen LogP contribution in [0.2, 0.25) is 0 Å². The molecule has 1 aromatic carbocycles. The van der Waals surface area contributed by atoms with Gasteiger partial charge in [0.1, 0.15) is 0 Å². The minimum atomic E-state index is -3.43. The quantitative estimate of drug-likeness (QED) is 0.740. The molecule has 0 N–H and O–H groups in total. The van der Waals surface area contributed by atoms with Crippen LogP contribution >= 0.6 is 0 Å². The number of unbranched alkanes of at least 4 members (excludes halogenated alkanes) is 1. The molecule has 0 unspecified atom stereocenters. The summed E-state index contributed by atoms with van der Waals surface area (Å²) in [7, 11) is -1.81. The van der Waals surface area contributed by atoms with E-state index in [9.17, 15) is 13.2 Å². The lowest BCUT2D eigenvalue weighted by molar-refractivity contribution is 0.0694. The van der Waals surface area contributed by atoms with Crippen molar-refractivity contribution in [2.24, 2.45) is 0 Å². The zero-order valence-electron chi connectivity index (χ0n) is 15.4. The maximum atomic E-state index is 12.6. The van der Waals surface area contributed by atoms with E-state index in [1.54, 1.807) is 11.9 Å². The zero-order chi connectivity index (χ0) is 18.4. The van der Waals surface area contributed by atoms with Gasteiger partial charge in [0.15, 0.2) is 0 Å². The highest BCUT2D eigenvalue weighted by Gasteiger charge is 2.31. The molecule has 1 aliphatic rings. The number of rotatable bonds is 7. The van der Waals surface area contributed by atoms with Gasteiger partial charge < -0.3 is 4.90 Å². The van der Waals surface area contributed by atoms with E-state index in [2.05, 4.69) is 6.92 Å². The van der Waals surface area contributed by atoms with Gasteiger partial charge in [-0.1, -0.05) is 32.4 Å². The summed E-state index contributed by atoms with van der Waals surface area (Å²) in [6, 6.07) is 7.64. The number of carbonyl (C=O) groups is 1. The van der Waals surface area contributed by atoms with Gasteiger partial charge in [0.05, 0.1) is 0 Å². The minimum absolute atomic E-state index is 0.0287. The van der Waals surface area contributed by atoms with E-state index >= 15 is 0 Å². The van der Waals surface area contributed by atoms with Gasteiger partial charge in [0.25, 0.3) is 16.1 Å². The minimum Gasteiger partial charge on any atom is -0.336 e. The highest BCUT2D eigenvalue weighted by molar-refractivity contribution is 7.86. The summed E-state index contributed by atoms with van der Waals surface area (Å²) in [6.07, 6.45) is 2.75. The number of nitrogens with zero attached hydrogens (tertiary/aromatic N) is 3. The number of aryl methyl sites for hydroxylation is 1. The van der Waals surface area contributed by atoms with Gasteiger partial charge >= 0.3 is 0 Å². The fourth-order valence-electron chi connectivity index (χ4n) is 2.88. The van der Waals surface area contributed by atoms with Crippen LogP contribution in [0.1, 0.15) is 42.6 Å². The molecule has 6 nitrogen and oxygen atoms in total. The topological polar surface area (TPSA) is 60.9 Å². The SMILES string of the molecule is CCCCN(C)S(=O)(=O)N1CCN(C(=O)c2ccc(CC)cc2)CC1. The third-order valence-corrected chi connectivity index (χ3v) is 6.67. The van der Waals surface area contributed by atoms with Gasteiger partial charge in [-0.3, -0.25) is 4.79 Å². The molecule has 0 spiro atoms. The van der Waals surface area contributed by atoms with Crippen LogP contribution in [0.3, 0.4) is 0 Å². The third kappa shape index (κ3) is 4.80. The van der Waals surface area contributed by atoms with Crippen LogP contribution in [0.15, 0.2) is 24.3 Å². The Morgan fingerprint density at radius 3 is 2.20 bits per heavy atom. The molecule has 1 aliphatic heterocycles. The second kappa shape index (κ2) is 8.78. The summed E-state index contributed by atoms with van der Waals surface area (Å²) in [5.41, 5.74) is 1.86. The normalized spacial score (nSPS) is 16.4. The molecule has 1 saturated heterocycles. The number of carbonyl (C=O) groups excluding carboxylic acids is 1. The van der Waals surface area contributed by atoms with Crippen molar-refractivity contribution < 1.29 is 13.2 Å². The van der Waals surface area contributed by atoms with Crippen molar-refractivity contribution in [3.63, 3.8) is 0 Å². The first-order chi connectivity index (χ1) is 11.9. The number of benzene rings is 1. The van der Waals surface area contributed by atoms with E-state index in [0.29, 0.717) is 38.3 Å². The van der Waals surface area contributed by atoms with Gasteiger partial charge in [-0.05, 0) is 30.5 Å². The molecule has 1 heterocycles. The Morgan fingerprint density at radius 1 is 1.08 bits per heavy atom. The van der Waals surface area contributed by atoms with Gasteiger partial charge in [0.2, 0.25) is 0 Å². The van der Waals surface area contributed by atoms with E-state index in [4.69, 9.17) is 0 Å². The van der Waals surface area contributed by atoms with Crippen LogP contribution in [-0.2, 0) is 16.6 Å². The summed E-state index contributed by atoms with van der Waals surface area (Å²) >= 11 is 0. The van der Waals surface area contributed by atoms with Gasteiger partial charge in [-0.2, -0.15) is 17.0 Å². The molecule has 0 atom stereocenters. The van der Waals surface area contributed by atoms with Crippen molar-refractivity contribution in [2.75, 3.05) is 39.8 Å². The number of hydrogen-bond donors (Lipinski definition) is 0. The van der Waals surface area contributed by atoms with Crippen molar-refractivity contribution in [2.45, 2.75) is 33.1 Å². The molecule has 0 radical (unpaired) electrons. The number of piperazine rings is 1. The van der Waals surface area contributed by atoms with Crippen molar-refractivity contribution >= 4 is 16.1 Å². The van der Waals surface area contributed by atoms with Gasteiger partial charge in [-0.15, -0.1) is 0 Å². The first-order valence-electron chi connectivity index (χ1n) is 8.99. The van der Waals surface area contributed by atoms with E-state index in [1.165, 1.54) is 14.2 Å². The summed E-state index contributed by atoms with van der Waals surface area (Å²) in [5, 5.41) is 0. The smallest absolute Gasteiger partial charge is 0.281 e. The maximum Gasteiger partial charge on any atom is 0.281 e. The predicted molar refractivity (Wildman–Crippen MR) is 99.8 cm³/mol. The molecular weight excluding hydrogens is 338 g/mol. The Labute approximate surface area is 151 Å². The molecule has 25 heavy (non-hydrogen) atoms. The molecular formula is C18H29N3O3S. The molecule has 2 rings (SSSR count). The van der Waals surface area contributed by atoms with Gasteiger partial charge in [-0.25, -0.2) is 0 Å². The average molecular weight is 368 g/mol. The Morgan fingerprint density at radius 2 is 1.68 bits per heavy atom. The highest BCUT2D eigenvalue weighted by Crippen LogP contribution is 2.15. The lowest BCUT2D eigenvalue weighted by Crippen LogP contribution is -2.53. The van der Waals surface area contributed by atoms with Crippen LogP contribution in [0, 0.1) is 0 Å². The molecule has 7 heteroatoms. The lowest BCUT2D eigenvalue weighted by Gasteiger charge is -2.35. The van der Waals surface area contributed by atoms with E-state index in [0.717, 1.165) is 19.3 Å². The molecule has 0 aliphatic carbocycles. The van der Waals surface area contributed by atoms with Gasteiger partial charge in [0, 0.05) is 45.3 Å². The van der Waals surface area contributed by atoms with Crippen LogP contribution in [0.5, 0.6) is 0 Å². The molecule has 1 fully saturated rings. The van der Waals surface area contributed by atoms with E-state index < -0.39 is 10.2 Å². The fourth-order valence-corrected chi connectivity index (χ4v) is 4.26. The molecule has 0 bridgehead atoms. The third-order valence-electron chi connectivity index (χ3n) is 4.68. The number of amides is 1. The summed E-state index contributed by atoms with van der Waals surface area (Å²) in [4.78, 5) is 14.3. The molecule has 0 saturated carbocycles. The molecule has 1 amide bonds. The van der Waals surface area contributed by atoms with Crippen molar-refractivity contribution in [3.8, 4) is 0 Å². The summed E-state index contributed by atoms with van der Waals surface area (Å²) < 4.78 is 28.0. The Kier molecular flexibility index (Phi) is 6.98. The Hall–Kier alpha value is -1.44. The Balaban J connectivity index is 1.95. The highest BCUT2D eigenvalue weighted by atomic mass is 32.2. The van der Waals surface area contributed by atoms with Crippen LogP contribution < -0.4 is 0 Å². The monoisotopic (exact) mass is 367 g/mol. The predicted octanol–water partition coefficient (Wildman–Crippen LogP) is 1.98. The van der Waals surface area contributed by atoms with Crippen LogP contribution in [-0.4, -0.2) is 67.6 Å². The zero-order valence-corrected chi connectivity index (χ0v) is 16.3. The van der Waals surface area contributed by atoms with Crippen molar-refractivity contribution in [3.05, 3.63) is 35.4 Å². The van der Waals surface area contributed by atoms with Crippen molar-refractivity contribution in [1.82, 2.24) is 13.5 Å². The Bertz CT molecular complexity index is 665. The van der Waals surface area contributed by atoms with Crippen LogP contribution in [0.4, 0.5) is 0 Å².